The molecule has 4 atom stereocenters. The average molecular weight is 569 g/mol. The molecule has 0 unspecified atom stereocenters. The van der Waals surface area contributed by atoms with Gasteiger partial charge in [0.25, 0.3) is 5.79 Å². The maximum atomic E-state index is 14.0. The molecule has 3 heterocycles. The molecule has 8 nitrogen and oxygen atoms in total. The second-order valence-electron chi connectivity index (χ2n) is 10.7. The van der Waals surface area contributed by atoms with Crippen LogP contribution in [-0.4, -0.2) is 40.0 Å². The molecule has 3 aromatic rings. The Kier molecular flexibility index (Phi) is 6.29. The lowest BCUT2D eigenvalue weighted by Gasteiger charge is -2.49. The van der Waals surface area contributed by atoms with Gasteiger partial charge in [-0.05, 0) is 36.5 Å². The van der Waals surface area contributed by atoms with Gasteiger partial charge < -0.3 is 33.2 Å². The Morgan fingerprint density at radius 1 is 0.833 bits per heavy atom. The number of ketones is 1. The Morgan fingerprint density at radius 2 is 1.52 bits per heavy atom. The zero-order valence-corrected chi connectivity index (χ0v) is 24.0. The summed E-state index contributed by atoms with van der Waals surface area (Å²) in [5.41, 5.74) is 2.25. The van der Waals surface area contributed by atoms with Gasteiger partial charge in [-0.2, -0.15) is 0 Å². The Hall–Kier alpha value is -4.27. The number of methoxy groups -OCH3 is 4. The maximum Gasteiger partial charge on any atom is 0.282 e. The minimum atomic E-state index is -1.69. The first-order valence-corrected chi connectivity index (χ1v) is 14.0. The minimum absolute atomic E-state index is 0.0384. The van der Waals surface area contributed by atoms with E-state index in [1.807, 2.05) is 60.7 Å². The van der Waals surface area contributed by atoms with E-state index in [0.29, 0.717) is 41.2 Å². The number of allylic oxidation sites excluding steroid dienone is 1. The van der Waals surface area contributed by atoms with E-state index < -0.39 is 17.5 Å². The molecule has 7 rings (SSSR count). The van der Waals surface area contributed by atoms with Crippen LogP contribution in [0.2, 0.25) is 0 Å². The Labute approximate surface area is 244 Å². The summed E-state index contributed by atoms with van der Waals surface area (Å²) in [6.07, 6.45) is 3.14. The van der Waals surface area contributed by atoms with Crippen LogP contribution in [-0.2, 0) is 35.8 Å². The van der Waals surface area contributed by atoms with E-state index in [0.717, 1.165) is 23.1 Å². The largest absolute Gasteiger partial charge is 0.494 e. The second-order valence-corrected chi connectivity index (χ2v) is 10.7. The molecule has 0 bridgehead atoms. The van der Waals surface area contributed by atoms with Crippen LogP contribution < -0.4 is 14.2 Å². The van der Waals surface area contributed by atoms with E-state index >= 15 is 0 Å². The molecule has 3 aliphatic heterocycles. The Balaban J connectivity index is 1.46. The zero-order chi connectivity index (χ0) is 29.1. The molecule has 0 aromatic heterocycles. The van der Waals surface area contributed by atoms with Crippen LogP contribution in [0.4, 0.5) is 0 Å². The number of Topliss-reactive ketones (excluding diaryl/α,β-unsaturated/α-hetero) is 1. The van der Waals surface area contributed by atoms with Gasteiger partial charge in [-0.25, -0.2) is 0 Å². The molecule has 0 amide bonds. The number of ether oxygens (including phenoxy) is 7. The lowest BCUT2D eigenvalue weighted by molar-refractivity contribution is -0.281. The highest BCUT2D eigenvalue weighted by Gasteiger charge is 2.74. The van der Waals surface area contributed by atoms with E-state index in [2.05, 4.69) is 12.1 Å². The van der Waals surface area contributed by atoms with Gasteiger partial charge in [0.1, 0.15) is 11.9 Å². The first-order valence-electron chi connectivity index (χ1n) is 14.0. The number of fused-ring (bicyclic) bond motifs is 4. The van der Waals surface area contributed by atoms with E-state index in [4.69, 9.17) is 33.2 Å². The molecule has 0 saturated carbocycles. The summed E-state index contributed by atoms with van der Waals surface area (Å²) in [6.45, 7) is 0. The van der Waals surface area contributed by atoms with Crippen molar-refractivity contribution in [2.75, 3.05) is 28.4 Å². The summed E-state index contributed by atoms with van der Waals surface area (Å²) >= 11 is 0. The molecule has 3 aromatic carbocycles. The second kappa shape index (κ2) is 9.93. The molecule has 42 heavy (non-hydrogen) atoms. The predicted molar refractivity (Wildman–Crippen MR) is 152 cm³/mol. The fraction of sp³-hybridized carbons (Fsp3) is 0.324. The number of benzene rings is 3. The molecule has 0 fully saturated rings. The van der Waals surface area contributed by atoms with Gasteiger partial charge in [0.2, 0.25) is 17.1 Å². The van der Waals surface area contributed by atoms with Crippen LogP contribution >= 0.6 is 0 Å². The van der Waals surface area contributed by atoms with Gasteiger partial charge >= 0.3 is 0 Å². The van der Waals surface area contributed by atoms with Crippen LogP contribution in [0.25, 0.3) is 0 Å². The summed E-state index contributed by atoms with van der Waals surface area (Å²) in [7, 11) is 6.10. The normalized spacial score (nSPS) is 27.4. The molecule has 0 N–H and O–H groups in total. The number of hydrogen-bond donors (Lipinski definition) is 0. The smallest absolute Gasteiger partial charge is 0.282 e. The highest BCUT2D eigenvalue weighted by Crippen LogP contribution is 2.66. The molecular formula is C34H32O8. The highest BCUT2D eigenvalue weighted by atomic mass is 16.7. The molecule has 8 heteroatoms. The van der Waals surface area contributed by atoms with E-state index in [-0.39, 0.29) is 23.4 Å². The summed E-state index contributed by atoms with van der Waals surface area (Å²) in [5, 5.41) is 0. The van der Waals surface area contributed by atoms with E-state index in [9.17, 15) is 4.79 Å². The molecule has 1 aliphatic carbocycles. The van der Waals surface area contributed by atoms with Crippen molar-refractivity contribution in [3.8, 4) is 17.2 Å². The third-order valence-electron chi connectivity index (χ3n) is 8.75. The molecule has 4 aliphatic rings. The lowest BCUT2D eigenvalue weighted by atomic mass is 9.72. The first-order chi connectivity index (χ1) is 20.5. The summed E-state index contributed by atoms with van der Waals surface area (Å²) in [6, 6.07) is 21.8. The van der Waals surface area contributed by atoms with Crippen molar-refractivity contribution in [2.45, 2.75) is 42.9 Å². The van der Waals surface area contributed by atoms with Crippen molar-refractivity contribution in [1.82, 2.24) is 0 Å². The SMILES string of the molecule is COC1=C(OC)[C@]2(OC)c3cc(OC)c4c(c3O[C@@]23O[C@@H](c2ccccc2)CC=C3C1=O)CC[C@H](c1ccccc1)O4. The van der Waals surface area contributed by atoms with Crippen molar-refractivity contribution in [3.05, 3.63) is 112 Å². The fourth-order valence-electron chi connectivity index (χ4n) is 6.89. The minimum Gasteiger partial charge on any atom is -0.494 e. The number of hydrogen-bond acceptors (Lipinski definition) is 8. The standard InChI is InChI=1S/C34H32O8/c1-36-27-19-24-29(22-15-17-25(40-30(22)27)20-11-7-5-8-12-20)42-34-23(16-18-26(41-34)21-13-9-6-10-14-21)28(35)31(37-2)32(38-3)33(24,34)39-4/h5-14,16,19,25-26H,15,17-18H2,1-4H3/t25-,26-,33-,34-/m1/s1. The molecule has 216 valence electrons. The molecule has 0 radical (unpaired) electrons. The number of carbonyl (C=O) groups excluding carboxylic acids is 1. The number of rotatable bonds is 6. The Morgan fingerprint density at radius 3 is 2.14 bits per heavy atom. The van der Waals surface area contributed by atoms with Crippen LogP contribution in [0, 0.1) is 0 Å². The van der Waals surface area contributed by atoms with Crippen molar-refractivity contribution >= 4 is 5.78 Å². The molecule has 1 spiro atoms. The summed E-state index contributed by atoms with van der Waals surface area (Å²) < 4.78 is 44.4. The van der Waals surface area contributed by atoms with Gasteiger partial charge in [-0.1, -0.05) is 66.7 Å². The first kappa shape index (κ1) is 26.6. The topological polar surface area (TPSA) is 81.7 Å². The fourth-order valence-corrected chi connectivity index (χ4v) is 6.89. The number of carbonyl (C=O) groups is 1. The highest BCUT2D eigenvalue weighted by molar-refractivity contribution is 6.11. The van der Waals surface area contributed by atoms with Crippen molar-refractivity contribution in [2.24, 2.45) is 0 Å². The monoisotopic (exact) mass is 568 g/mol. The molecule has 0 saturated heterocycles. The third-order valence-corrected chi connectivity index (χ3v) is 8.75. The average Bonchev–Trinajstić information content (AvgIpc) is 3.33. The van der Waals surface area contributed by atoms with Crippen LogP contribution in [0.1, 0.15) is 47.3 Å². The van der Waals surface area contributed by atoms with E-state index in [1.165, 1.54) is 14.2 Å². The van der Waals surface area contributed by atoms with Crippen molar-refractivity contribution in [1.29, 1.82) is 0 Å². The quantitative estimate of drug-likeness (QED) is 0.366. The summed E-state index contributed by atoms with van der Waals surface area (Å²) in [5.74, 6) is -0.210. The van der Waals surface area contributed by atoms with Gasteiger partial charge in [0, 0.05) is 18.2 Å². The van der Waals surface area contributed by atoms with Gasteiger partial charge in [0.15, 0.2) is 17.3 Å². The molecular weight excluding hydrogens is 536 g/mol. The van der Waals surface area contributed by atoms with Crippen LogP contribution in [0.5, 0.6) is 17.2 Å². The zero-order valence-electron chi connectivity index (χ0n) is 24.0. The van der Waals surface area contributed by atoms with Crippen LogP contribution in [0.3, 0.4) is 0 Å². The summed E-state index contributed by atoms with van der Waals surface area (Å²) in [4.78, 5) is 14.0. The van der Waals surface area contributed by atoms with Crippen molar-refractivity contribution < 1.29 is 38.0 Å². The van der Waals surface area contributed by atoms with Gasteiger partial charge in [-0.3, -0.25) is 4.79 Å². The van der Waals surface area contributed by atoms with E-state index in [1.54, 1.807) is 14.2 Å². The lowest BCUT2D eigenvalue weighted by Crippen LogP contribution is -2.63. The Bertz CT molecular complexity index is 1610. The maximum absolute atomic E-state index is 14.0. The van der Waals surface area contributed by atoms with Crippen LogP contribution in [0.15, 0.2) is 89.9 Å². The van der Waals surface area contributed by atoms with Gasteiger partial charge in [0.05, 0.1) is 33.0 Å². The van der Waals surface area contributed by atoms with Gasteiger partial charge in [-0.15, -0.1) is 0 Å². The van der Waals surface area contributed by atoms with Crippen molar-refractivity contribution in [3.63, 3.8) is 0 Å². The predicted octanol–water partition coefficient (Wildman–Crippen LogP) is 5.87. The third kappa shape index (κ3) is 3.45.